The molecule has 6 nitrogen and oxygen atoms in total. The Hall–Kier alpha value is -1.60. The molecule has 0 fully saturated rings. The molecule has 0 aliphatic heterocycles. The molecule has 0 heterocycles. The molecule has 0 saturated carbocycles. The summed E-state index contributed by atoms with van der Waals surface area (Å²) in [5.41, 5.74) is 3.24. The van der Waals surface area contributed by atoms with Gasteiger partial charge in [0.2, 0.25) is 5.91 Å². The molecule has 0 saturated heterocycles. The third-order valence-corrected chi connectivity index (χ3v) is 3.09. The zero-order valence-electron chi connectivity index (χ0n) is 10.9. The highest BCUT2D eigenvalue weighted by atomic mass is 79.9. The summed E-state index contributed by atoms with van der Waals surface area (Å²) >= 11 is 3.32. The van der Waals surface area contributed by atoms with Crippen LogP contribution in [0, 0.1) is 0 Å². The standard InChI is InChI=1S/C12H16BrN3O3/c1-8(10-4-6-11(13)7-5-10)16(12(18)19)15(3)14-9(2)17/h4-8H,1-3H3,(H,14,17)(H,18,19)/t8-/m0/s1. The number of nitrogens with zero attached hydrogens (tertiary/aromatic N) is 2. The number of hydrogen-bond acceptors (Lipinski definition) is 3. The van der Waals surface area contributed by atoms with Crippen molar-refractivity contribution >= 4 is 27.9 Å². The van der Waals surface area contributed by atoms with Crippen LogP contribution in [0.5, 0.6) is 0 Å². The lowest BCUT2D eigenvalue weighted by Gasteiger charge is -2.34. The van der Waals surface area contributed by atoms with Crippen LogP contribution in [0.2, 0.25) is 0 Å². The molecular formula is C12H16BrN3O3. The number of benzene rings is 1. The molecule has 0 radical (unpaired) electrons. The summed E-state index contributed by atoms with van der Waals surface area (Å²) < 4.78 is 0.917. The van der Waals surface area contributed by atoms with Crippen molar-refractivity contribution in [3.63, 3.8) is 0 Å². The summed E-state index contributed by atoms with van der Waals surface area (Å²) in [6.07, 6.45) is -1.15. The second-order valence-corrected chi connectivity index (χ2v) is 4.96. The fourth-order valence-corrected chi connectivity index (χ4v) is 1.98. The van der Waals surface area contributed by atoms with E-state index >= 15 is 0 Å². The molecule has 2 amide bonds. The molecule has 104 valence electrons. The van der Waals surface area contributed by atoms with Gasteiger partial charge in [0.25, 0.3) is 0 Å². The van der Waals surface area contributed by atoms with Crippen LogP contribution in [0.1, 0.15) is 25.5 Å². The van der Waals surface area contributed by atoms with E-state index in [1.54, 1.807) is 6.92 Å². The van der Waals surface area contributed by atoms with Crippen molar-refractivity contribution in [2.75, 3.05) is 7.05 Å². The Morgan fingerprint density at radius 3 is 2.26 bits per heavy atom. The van der Waals surface area contributed by atoms with Gasteiger partial charge in [0, 0.05) is 18.4 Å². The molecular weight excluding hydrogens is 314 g/mol. The molecule has 0 unspecified atom stereocenters. The van der Waals surface area contributed by atoms with E-state index in [0.717, 1.165) is 20.2 Å². The highest BCUT2D eigenvalue weighted by molar-refractivity contribution is 9.10. The van der Waals surface area contributed by atoms with Gasteiger partial charge >= 0.3 is 6.09 Å². The van der Waals surface area contributed by atoms with Crippen molar-refractivity contribution in [3.05, 3.63) is 34.3 Å². The Balaban J connectivity index is 2.95. The fourth-order valence-electron chi connectivity index (χ4n) is 1.72. The minimum Gasteiger partial charge on any atom is -0.464 e. The molecule has 2 N–H and O–H groups in total. The summed E-state index contributed by atoms with van der Waals surface area (Å²) in [6, 6.07) is 6.90. The smallest absolute Gasteiger partial charge is 0.424 e. The van der Waals surface area contributed by atoms with E-state index in [-0.39, 0.29) is 5.91 Å². The third-order valence-electron chi connectivity index (χ3n) is 2.56. The molecule has 19 heavy (non-hydrogen) atoms. The summed E-state index contributed by atoms with van der Waals surface area (Å²) in [5, 5.41) is 11.5. The van der Waals surface area contributed by atoms with E-state index in [1.165, 1.54) is 14.0 Å². The van der Waals surface area contributed by atoms with E-state index in [4.69, 9.17) is 0 Å². The highest BCUT2D eigenvalue weighted by Gasteiger charge is 2.25. The van der Waals surface area contributed by atoms with Crippen LogP contribution >= 0.6 is 15.9 Å². The maximum Gasteiger partial charge on any atom is 0.424 e. The van der Waals surface area contributed by atoms with Crippen molar-refractivity contribution in [2.45, 2.75) is 19.9 Å². The fraction of sp³-hybridized carbons (Fsp3) is 0.333. The zero-order valence-corrected chi connectivity index (χ0v) is 12.5. The number of halogens is 1. The lowest BCUT2D eigenvalue weighted by molar-refractivity contribution is -0.132. The molecule has 0 aromatic heterocycles. The molecule has 0 aliphatic carbocycles. The Kier molecular flexibility index (Phi) is 5.31. The summed E-state index contributed by atoms with van der Waals surface area (Å²) in [6.45, 7) is 3.07. The number of carbonyl (C=O) groups is 2. The van der Waals surface area contributed by atoms with E-state index in [0.29, 0.717) is 0 Å². The number of nitrogens with one attached hydrogen (secondary N) is 1. The van der Waals surface area contributed by atoms with Crippen LogP contribution in [0.25, 0.3) is 0 Å². The predicted molar refractivity (Wildman–Crippen MR) is 74.0 cm³/mol. The van der Waals surface area contributed by atoms with E-state index in [1.807, 2.05) is 24.3 Å². The molecule has 1 aromatic rings. The first-order chi connectivity index (χ1) is 8.82. The van der Waals surface area contributed by atoms with Crippen LogP contribution in [-0.2, 0) is 4.79 Å². The monoisotopic (exact) mass is 329 g/mol. The van der Waals surface area contributed by atoms with Gasteiger partial charge < -0.3 is 5.11 Å². The zero-order chi connectivity index (χ0) is 14.6. The predicted octanol–water partition coefficient (Wildman–Crippen LogP) is 2.39. The van der Waals surface area contributed by atoms with Gasteiger partial charge in [-0.1, -0.05) is 28.1 Å². The maximum absolute atomic E-state index is 11.3. The third kappa shape index (κ3) is 4.22. The van der Waals surface area contributed by atoms with Gasteiger partial charge in [-0.05, 0) is 24.6 Å². The van der Waals surface area contributed by atoms with Crippen LogP contribution in [-0.4, -0.2) is 34.3 Å². The van der Waals surface area contributed by atoms with Crippen LogP contribution in [0.15, 0.2) is 28.7 Å². The van der Waals surface area contributed by atoms with Gasteiger partial charge in [-0.2, -0.15) is 0 Å². The van der Waals surface area contributed by atoms with Crippen molar-refractivity contribution in [1.82, 2.24) is 15.6 Å². The number of amides is 2. The lowest BCUT2D eigenvalue weighted by Crippen LogP contribution is -2.53. The van der Waals surface area contributed by atoms with Gasteiger partial charge in [0.15, 0.2) is 0 Å². The second-order valence-electron chi connectivity index (χ2n) is 4.05. The first kappa shape index (κ1) is 15.5. The normalized spacial score (nSPS) is 12.1. The first-order valence-corrected chi connectivity index (χ1v) is 6.40. The molecule has 0 aliphatic rings. The van der Waals surface area contributed by atoms with Gasteiger partial charge in [-0.15, -0.1) is 5.12 Å². The van der Waals surface area contributed by atoms with E-state index in [2.05, 4.69) is 21.4 Å². The Morgan fingerprint density at radius 1 is 1.32 bits per heavy atom. The average Bonchev–Trinajstić information content (AvgIpc) is 2.28. The summed E-state index contributed by atoms with van der Waals surface area (Å²) in [4.78, 5) is 22.3. The molecule has 0 spiro atoms. The molecule has 1 atom stereocenters. The Labute approximate surface area is 120 Å². The maximum atomic E-state index is 11.3. The number of carboxylic acid groups (broad SMARTS) is 1. The molecule has 0 bridgehead atoms. The second kappa shape index (κ2) is 6.53. The van der Waals surface area contributed by atoms with Gasteiger partial charge in [-0.25, -0.2) is 9.80 Å². The van der Waals surface area contributed by atoms with Crippen molar-refractivity contribution in [1.29, 1.82) is 0 Å². The van der Waals surface area contributed by atoms with Crippen LogP contribution in [0.4, 0.5) is 4.79 Å². The number of hydrazine groups is 2. The highest BCUT2D eigenvalue weighted by Crippen LogP contribution is 2.22. The van der Waals surface area contributed by atoms with Gasteiger partial charge in [0.05, 0.1) is 6.04 Å². The number of carbonyl (C=O) groups excluding carboxylic acids is 1. The number of hydrogen-bond donors (Lipinski definition) is 2. The van der Waals surface area contributed by atoms with Gasteiger partial charge in [-0.3, -0.25) is 10.2 Å². The van der Waals surface area contributed by atoms with Crippen molar-refractivity contribution < 1.29 is 14.7 Å². The minimum atomic E-state index is -1.15. The quantitative estimate of drug-likeness (QED) is 0.832. The lowest BCUT2D eigenvalue weighted by atomic mass is 10.1. The van der Waals surface area contributed by atoms with E-state index < -0.39 is 12.1 Å². The minimum absolute atomic E-state index is 0.336. The topological polar surface area (TPSA) is 72.9 Å². The largest absolute Gasteiger partial charge is 0.464 e. The van der Waals surface area contributed by atoms with Crippen molar-refractivity contribution in [2.24, 2.45) is 0 Å². The van der Waals surface area contributed by atoms with Crippen LogP contribution in [0.3, 0.4) is 0 Å². The first-order valence-electron chi connectivity index (χ1n) is 5.61. The van der Waals surface area contributed by atoms with Crippen LogP contribution < -0.4 is 5.43 Å². The van der Waals surface area contributed by atoms with Gasteiger partial charge in [0.1, 0.15) is 0 Å². The van der Waals surface area contributed by atoms with E-state index in [9.17, 15) is 14.7 Å². The Bertz CT molecular complexity index is 464. The van der Waals surface area contributed by atoms with Crippen molar-refractivity contribution in [3.8, 4) is 0 Å². The molecule has 7 heteroatoms. The molecule has 1 aromatic carbocycles. The summed E-state index contributed by atoms with van der Waals surface area (Å²) in [7, 11) is 1.48. The summed E-state index contributed by atoms with van der Waals surface area (Å²) in [5.74, 6) is -0.336. The molecule has 1 rings (SSSR count). The number of rotatable bonds is 4. The Morgan fingerprint density at radius 2 is 1.84 bits per heavy atom. The SMILES string of the molecule is CC(=O)NN(C)N(C(=O)O)[C@@H](C)c1ccc(Br)cc1. The average molecular weight is 330 g/mol.